The predicted molar refractivity (Wildman–Crippen MR) is 231 cm³/mol. The van der Waals surface area contributed by atoms with Gasteiger partial charge in [-0.15, -0.1) is 0 Å². The molecule has 0 heterocycles. The normalized spacial score (nSPS) is 12.4. The van der Waals surface area contributed by atoms with E-state index in [0.29, 0.717) is 0 Å². The fourth-order valence-corrected chi connectivity index (χ4v) is 11.6. The number of rotatable bonds is 41. The van der Waals surface area contributed by atoms with Crippen LogP contribution in [0.3, 0.4) is 0 Å². The molecule has 0 atom stereocenters. The van der Waals surface area contributed by atoms with Crippen LogP contribution in [0, 0.1) is 0 Å². The minimum Gasteiger partial charge on any atom is -0.420 e. The highest BCUT2D eigenvalue weighted by Crippen LogP contribution is 2.25. The van der Waals surface area contributed by atoms with Crippen LogP contribution in [-0.2, 0) is 8.85 Å². The fourth-order valence-electron chi connectivity index (χ4n) is 6.70. The van der Waals surface area contributed by atoms with E-state index in [9.17, 15) is 0 Å². The summed E-state index contributed by atoms with van der Waals surface area (Å²) in [5.74, 6) is 2.74. The van der Waals surface area contributed by atoms with Gasteiger partial charge in [-0.1, -0.05) is 214 Å². The number of unbranched alkanes of at least 4 members (excludes halogenated alkanes) is 30. The molecule has 0 aliphatic rings. The monoisotopic (exact) mass is 747 g/mol. The third-order valence-electron chi connectivity index (χ3n) is 10.7. The molecule has 0 aliphatic heterocycles. The van der Waals surface area contributed by atoms with Gasteiger partial charge in [0, 0.05) is 25.7 Å². The Bertz CT molecular complexity index is 568. The van der Waals surface area contributed by atoms with Crippen molar-refractivity contribution in [1.29, 1.82) is 0 Å². The smallest absolute Gasteiger partial charge is 0.186 e. The van der Waals surface area contributed by atoms with Crippen molar-refractivity contribution in [3.63, 3.8) is 0 Å². The lowest BCUT2D eigenvalue weighted by Crippen LogP contribution is -2.27. The lowest BCUT2D eigenvalue weighted by molar-refractivity contribution is 0.400. The summed E-state index contributed by atoms with van der Waals surface area (Å²) in [5.41, 5.74) is 0. The molecule has 0 radical (unpaired) electrons. The maximum Gasteiger partial charge on any atom is 0.186 e. The summed E-state index contributed by atoms with van der Waals surface area (Å²) < 4.78 is 11.3. The lowest BCUT2D eigenvalue weighted by atomic mass is 10.0. The van der Waals surface area contributed by atoms with Crippen molar-refractivity contribution < 1.29 is 8.85 Å². The van der Waals surface area contributed by atoms with Gasteiger partial charge in [-0.3, -0.25) is 0 Å². The molecular formula is C42H90O2S2Si2. The van der Waals surface area contributed by atoms with Crippen molar-refractivity contribution >= 4 is 38.2 Å². The van der Waals surface area contributed by atoms with Gasteiger partial charge in [0.1, 0.15) is 0 Å². The Morgan fingerprint density at radius 3 is 0.625 bits per heavy atom. The summed E-state index contributed by atoms with van der Waals surface area (Å²) in [6.07, 6.45) is 46.5. The molecule has 2 nitrogen and oxygen atoms in total. The summed E-state index contributed by atoms with van der Waals surface area (Å²) in [6, 6.07) is 2.67. The van der Waals surface area contributed by atoms with Crippen molar-refractivity contribution in [2.24, 2.45) is 0 Å². The molecule has 290 valence electrons. The largest absolute Gasteiger partial charge is 0.420 e. The maximum atomic E-state index is 5.65. The Hall–Kier alpha value is 1.05. The van der Waals surface area contributed by atoms with Crippen LogP contribution in [0.15, 0.2) is 0 Å². The van der Waals surface area contributed by atoms with Gasteiger partial charge in [0.25, 0.3) is 0 Å². The molecule has 0 N–H and O–H groups in total. The lowest BCUT2D eigenvalue weighted by Gasteiger charge is -2.19. The second kappa shape index (κ2) is 37.8. The van der Waals surface area contributed by atoms with Crippen LogP contribution in [0.5, 0.6) is 0 Å². The zero-order valence-corrected chi connectivity index (χ0v) is 37.7. The Morgan fingerprint density at radius 1 is 0.271 bits per heavy atom. The Kier molecular flexibility index (Phi) is 38.6. The molecule has 0 unspecified atom stereocenters. The van der Waals surface area contributed by atoms with Crippen LogP contribution in [0.2, 0.25) is 38.3 Å². The minimum atomic E-state index is -1.31. The predicted octanol–water partition coefficient (Wildman–Crippen LogP) is 16.6. The van der Waals surface area contributed by atoms with E-state index in [1.807, 2.05) is 14.2 Å². The average molecular weight is 747 g/mol. The molecule has 0 amide bonds. The van der Waals surface area contributed by atoms with E-state index in [1.54, 1.807) is 0 Å². The van der Waals surface area contributed by atoms with Crippen molar-refractivity contribution in [3.8, 4) is 0 Å². The molecule has 0 aliphatic carbocycles. The van der Waals surface area contributed by atoms with Crippen LogP contribution in [0.25, 0.3) is 0 Å². The molecule has 0 aromatic heterocycles. The van der Waals surface area contributed by atoms with Gasteiger partial charge < -0.3 is 8.85 Å². The van der Waals surface area contributed by atoms with Gasteiger partial charge >= 0.3 is 0 Å². The standard InChI is InChI=1S/C42H90O2S2Si2/c1-43-47(3,4)41-37-33-29-25-21-17-13-9-7-11-15-19-23-27-31-35-39-45-46-40-36-32-28-24-20-16-12-8-10-14-18-22-26-30-34-38-42-48(5,6)44-2/h7-42H2,1-6H3. The van der Waals surface area contributed by atoms with Gasteiger partial charge in [0.2, 0.25) is 0 Å². The molecule has 6 heteroatoms. The summed E-state index contributed by atoms with van der Waals surface area (Å²) in [5, 5.41) is 0. The first kappa shape index (κ1) is 49.1. The first-order valence-electron chi connectivity index (χ1n) is 21.7. The van der Waals surface area contributed by atoms with E-state index < -0.39 is 16.6 Å². The molecular weight excluding hydrogens is 657 g/mol. The van der Waals surface area contributed by atoms with Gasteiger partial charge in [-0.05, 0) is 51.1 Å². The summed E-state index contributed by atoms with van der Waals surface area (Å²) in [7, 11) is 5.46. The SMILES string of the molecule is CO[Si](C)(C)CCCCCCCCCCCCCCCCCCSSCCCCCCCCCCCCCCCCCC[Si](C)(C)OC. The van der Waals surface area contributed by atoms with Crippen LogP contribution >= 0.6 is 21.6 Å². The van der Waals surface area contributed by atoms with E-state index in [4.69, 9.17) is 8.85 Å². The van der Waals surface area contributed by atoms with Crippen molar-refractivity contribution in [1.82, 2.24) is 0 Å². The fraction of sp³-hybridized carbons (Fsp3) is 1.00. The quantitative estimate of drug-likeness (QED) is 0.0352. The molecule has 0 bridgehead atoms. The Labute approximate surface area is 315 Å². The first-order valence-corrected chi connectivity index (χ1v) is 30.4. The van der Waals surface area contributed by atoms with Crippen molar-refractivity contribution in [2.75, 3.05) is 25.7 Å². The van der Waals surface area contributed by atoms with E-state index in [2.05, 4.69) is 47.8 Å². The van der Waals surface area contributed by atoms with Gasteiger partial charge in [0.05, 0.1) is 0 Å². The van der Waals surface area contributed by atoms with Gasteiger partial charge in [-0.2, -0.15) is 0 Å². The van der Waals surface area contributed by atoms with Crippen LogP contribution in [-0.4, -0.2) is 42.4 Å². The van der Waals surface area contributed by atoms with E-state index in [1.165, 1.54) is 229 Å². The number of hydrogen-bond donors (Lipinski definition) is 0. The van der Waals surface area contributed by atoms with E-state index >= 15 is 0 Å². The average Bonchev–Trinajstić information content (AvgIpc) is 3.07. The third kappa shape index (κ3) is 39.8. The molecule has 0 spiro atoms. The Morgan fingerprint density at radius 2 is 0.438 bits per heavy atom. The minimum absolute atomic E-state index is 1.31. The summed E-state index contributed by atoms with van der Waals surface area (Å²) >= 11 is 0. The molecule has 0 rings (SSSR count). The second-order valence-corrected chi connectivity index (χ2v) is 27.9. The summed E-state index contributed by atoms with van der Waals surface area (Å²) in [4.78, 5) is 0. The van der Waals surface area contributed by atoms with E-state index in [-0.39, 0.29) is 0 Å². The molecule has 0 saturated carbocycles. The molecule has 48 heavy (non-hydrogen) atoms. The highest BCUT2D eigenvalue weighted by molar-refractivity contribution is 8.76. The van der Waals surface area contributed by atoms with Gasteiger partial charge in [-0.25, -0.2) is 0 Å². The van der Waals surface area contributed by atoms with Gasteiger partial charge in [0.15, 0.2) is 16.6 Å². The topological polar surface area (TPSA) is 18.5 Å². The third-order valence-corrected chi connectivity index (χ3v) is 18.6. The van der Waals surface area contributed by atoms with Crippen LogP contribution in [0.4, 0.5) is 0 Å². The highest BCUT2D eigenvalue weighted by atomic mass is 33.1. The highest BCUT2D eigenvalue weighted by Gasteiger charge is 2.19. The maximum absolute atomic E-state index is 5.65. The molecule has 0 fully saturated rings. The van der Waals surface area contributed by atoms with Crippen LogP contribution < -0.4 is 0 Å². The molecule has 0 aromatic rings. The van der Waals surface area contributed by atoms with E-state index in [0.717, 1.165) is 0 Å². The Balaban J connectivity index is 3.10. The van der Waals surface area contributed by atoms with Crippen molar-refractivity contribution in [2.45, 2.75) is 244 Å². The summed E-state index contributed by atoms with van der Waals surface area (Å²) in [6.45, 7) is 9.37. The second-order valence-electron chi connectivity index (χ2n) is 16.4. The first-order chi connectivity index (χ1) is 23.3. The molecule has 0 aromatic carbocycles. The van der Waals surface area contributed by atoms with Crippen LogP contribution in [0.1, 0.15) is 205 Å². The van der Waals surface area contributed by atoms with Crippen molar-refractivity contribution in [3.05, 3.63) is 0 Å². The number of hydrogen-bond acceptors (Lipinski definition) is 4. The zero-order chi connectivity index (χ0) is 35.3. The molecule has 0 saturated heterocycles. The zero-order valence-electron chi connectivity index (χ0n) is 34.1.